The molecule has 0 unspecified atom stereocenters. The number of nitro benzene ring substituents is 1. The molecule has 0 aliphatic carbocycles. The van der Waals surface area contributed by atoms with Crippen molar-refractivity contribution in [1.29, 1.82) is 0 Å². The maximum absolute atomic E-state index is 11.8. The lowest BCUT2D eigenvalue weighted by Gasteiger charge is -1.95. The van der Waals surface area contributed by atoms with Crippen LogP contribution in [0.2, 0.25) is 0 Å². The second-order valence-corrected chi connectivity index (χ2v) is 6.74. The van der Waals surface area contributed by atoms with Gasteiger partial charge in [0.2, 0.25) is 0 Å². The van der Waals surface area contributed by atoms with E-state index in [1.165, 1.54) is 12.1 Å². The van der Waals surface area contributed by atoms with Crippen LogP contribution in [0.3, 0.4) is 0 Å². The fraction of sp³-hybridized carbons (Fsp3) is 0.158. The second-order valence-electron chi connectivity index (χ2n) is 5.32. The van der Waals surface area contributed by atoms with Gasteiger partial charge in [0.05, 0.1) is 4.92 Å². The normalized spacial score (nSPS) is 10.1. The van der Waals surface area contributed by atoms with E-state index in [0.717, 1.165) is 11.1 Å². The number of rotatable bonds is 3. The Kier molecular flexibility index (Phi) is 5.94. The lowest BCUT2D eigenvalue weighted by molar-refractivity contribution is -0.384. The van der Waals surface area contributed by atoms with E-state index in [-0.39, 0.29) is 12.1 Å². The third-order valence-electron chi connectivity index (χ3n) is 3.27. The van der Waals surface area contributed by atoms with E-state index in [9.17, 15) is 18.5 Å². The van der Waals surface area contributed by atoms with Crippen LogP contribution in [-0.2, 0) is 22.7 Å². The SMILES string of the molecule is Cc1ccc(CC#CS(=O)(=O)C#CCc2ccc([N+](=O)[O-])cc2)cc1. The number of nitro groups is 1. The van der Waals surface area contributed by atoms with Crippen molar-refractivity contribution >= 4 is 15.5 Å². The Morgan fingerprint density at radius 1 is 0.880 bits per heavy atom. The van der Waals surface area contributed by atoms with Crippen LogP contribution in [0.1, 0.15) is 16.7 Å². The first-order valence-corrected chi connectivity index (χ1v) is 8.87. The number of aryl methyl sites for hydroxylation is 1. The van der Waals surface area contributed by atoms with Gasteiger partial charge in [0, 0.05) is 35.5 Å². The number of hydrogen-bond acceptors (Lipinski definition) is 4. The lowest BCUT2D eigenvalue weighted by atomic mass is 10.1. The molecule has 0 atom stereocenters. The minimum Gasteiger partial charge on any atom is -0.258 e. The molecule has 0 aliphatic rings. The van der Waals surface area contributed by atoms with Gasteiger partial charge in [-0.3, -0.25) is 10.1 Å². The topological polar surface area (TPSA) is 77.3 Å². The van der Waals surface area contributed by atoms with Crippen LogP contribution in [0.4, 0.5) is 5.69 Å². The van der Waals surface area contributed by atoms with Crippen LogP contribution < -0.4 is 0 Å². The molecule has 0 radical (unpaired) electrons. The molecule has 0 fully saturated rings. The molecule has 2 aromatic carbocycles. The fourth-order valence-corrected chi connectivity index (χ4v) is 2.51. The second kappa shape index (κ2) is 8.14. The van der Waals surface area contributed by atoms with Crippen molar-refractivity contribution in [2.75, 3.05) is 0 Å². The van der Waals surface area contributed by atoms with E-state index in [4.69, 9.17) is 0 Å². The highest BCUT2D eigenvalue weighted by molar-refractivity contribution is 8.00. The van der Waals surface area contributed by atoms with Gasteiger partial charge in [0.25, 0.3) is 15.5 Å². The lowest BCUT2D eigenvalue weighted by Crippen LogP contribution is -1.92. The Bertz CT molecular complexity index is 984. The van der Waals surface area contributed by atoms with E-state index in [1.807, 2.05) is 31.2 Å². The summed E-state index contributed by atoms with van der Waals surface area (Å²) in [6.45, 7) is 1.97. The van der Waals surface area contributed by atoms with Crippen LogP contribution >= 0.6 is 0 Å². The number of nitrogens with zero attached hydrogens (tertiary/aromatic N) is 1. The molecule has 0 amide bonds. The molecule has 0 saturated carbocycles. The monoisotopic (exact) mass is 353 g/mol. The average molecular weight is 353 g/mol. The Labute approximate surface area is 146 Å². The fourth-order valence-electron chi connectivity index (χ4n) is 1.93. The summed E-state index contributed by atoms with van der Waals surface area (Å²) >= 11 is 0. The zero-order chi connectivity index (χ0) is 18.3. The molecule has 0 bridgehead atoms. The molecule has 2 aromatic rings. The van der Waals surface area contributed by atoms with E-state index in [0.29, 0.717) is 12.0 Å². The molecule has 25 heavy (non-hydrogen) atoms. The Hall–Kier alpha value is -3.09. The molecule has 0 saturated heterocycles. The quantitative estimate of drug-likeness (QED) is 0.368. The van der Waals surface area contributed by atoms with Gasteiger partial charge in [-0.2, -0.15) is 0 Å². The van der Waals surface area contributed by atoms with Crippen molar-refractivity contribution in [2.45, 2.75) is 19.8 Å². The highest BCUT2D eigenvalue weighted by atomic mass is 32.2. The molecule has 0 N–H and O–H groups in total. The van der Waals surface area contributed by atoms with Gasteiger partial charge >= 0.3 is 0 Å². The van der Waals surface area contributed by atoms with Gasteiger partial charge in [-0.15, -0.1) is 0 Å². The summed E-state index contributed by atoms with van der Waals surface area (Å²) in [5.41, 5.74) is 2.74. The number of benzene rings is 2. The van der Waals surface area contributed by atoms with Gasteiger partial charge in [0.1, 0.15) is 0 Å². The number of hydrogen-bond donors (Lipinski definition) is 0. The first-order chi connectivity index (χ1) is 11.9. The molecular weight excluding hydrogens is 338 g/mol. The smallest absolute Gasteiger partial charge is 0.258 e. The van der Waals surface area contributed by atoms with E-state index in [1.54, 1.807) is 12.1 Å². The van der Waals surface area contributed by atoms with E-state index >= 15 is 0 Å². The highest BCUT2D eigenvalue weighted by Crippen LogP contribution is 2.11. The molecule has 5 nitrogen and oxygen atoms in total. The maximum Gasteiger partial charge on any atom is 0.284 e. The summed E-state index contributed by atoms with van der Waals surface area (Å²) in [6, 6.07) is 13.5. The predicted molar refractivity (Wildman–Crippen MR) is 96.2 cm³/mol. The van der Waals surface area contributed by atoms with Crippen molar-refractivity contribution < 1.29 is 13.3 Å². The maximum atomic E-state index is 11.8. The minimum absolute atomic E-state index is 0.0219. The molecular formula is C19H15NO4S. The van der Waals surface area contributed by atoms with Gasteiger partial charge in [-0.25, -0.2) is 8.42 Å². The van der Waals surface area contributed by atoms with Crippen LogP contribution in [0, 0.1) is 39.4 Å². The van der Waals surface area contributed by atoms with Crippen molar-refractivity contribution in [2.24, 2.45) is 0 Å². The Balaban J connectivity index is 1.97. The summed E-state index contributed by atoms with van der Waals surface area (Å²) in [4.78, 5) is 10.1. The summed E-state index contributed by atoms with van der Waals surface area (Å²) in [7, 11) is -3.78. The van der Waals surface area contributed by atoms with Crippen LogP contribution in [-0.4, -0.2) is 13.3 Å². The zero-order valence-electron chi connectivity index (χ0n) is 13.5. The van der Waals surface area contributed by atoms with Gasteiger partial charge in [-0.05, 0) is 18.1 Å². The van der Waals surface area contributed by atoms with Crippen molar-refractivity contribution in [3.63, 3.8) is 0 Å². The molecule has 2 rings (SSSR count). The summed E-state index contributed by atoms with van der Waals surface area (Å²) < 4.78 is 23.5. The Morgan fingerprint density at radius 3 is 1.76 bits per heavy atom. The zero-order valence-corrected chi connectivity index (χ0v) is 14.3. The van der Waals surface area contributed by atoms with E-state index < -0.39 is 14.8 Å². The summed E-state index contributed by atoms with van der Waals surface area (Å²) in [5, 5.41) is 14.9. The summed E-state index contributed by atoms with van der Waals surface area (Å²) in [5.74, 6) is 5.15. The highest BCUT2D eigenvalue weighted by Gasteiger charge is 2.03. The molecule has 0 aliphatic heterocycles. The molecule has 126 valence electrons. The molecule has 0 heterocycles. The van der Waals surface area contributed by atoms with Crippen LogP contribution in [0.25, 0.3) is 0 Å². The van der Waals surface area contributed by atoms with Crippen molar-refractivity contribution in [1.82, 2.24) is 0 Å². The minimum atomic E-state index is -3.78. The average Bonchev–Trinajstić information content (AvgIpc) is 2.57. The first kappa shape index (κ1) is 18.3. The number of non-ortho nitro benzene ring substituents is 1. The van der Waals surface area contributed by atoms with E-state index in [2.05, 4.69) is 22.3 Å². The molecule has 0 aromatic heterocycles. The molecule has 0 spiro atoms. The Morgan fingerprint density at radius 2 is 1.32 bits per heavy atom. The van der Waals surface area contributed by atoms with Crippen LogP contribution in [0.5, 0.6) is 0 Å². The van der Waals surface area contributed by atoms with Crippen molar-refractivity contribution in [3.05, 3.63) is 75.3 Å². The van der Waals surface area contributed by atoms with Crippen molar-refractivity contribution in [3.8, 4) is 22.3 Å². The van der Waals surface area contributed by atoms with Gasteiger partial charge in [0.15, 0.2) is 0 Å². The first-order valence-electron chi connectivity index (χ1n) is 7.39. The number of sulfone groups is 1. The summed E-state index contributed by atoms with van der Waals surface area (Å²) in [6.07, 6.45) is 0.514. The van der Waals surface area contributed by atoms with Gasteiger partial charge < -0.3 is 0 Å². The largest absolute Gasteiger partial charge is 0.284 e. The van der Waals surface area contributed by atoms with Gasteiger partial charge in [-0.1, -0.05) is 53.8 Å². The molecule has 6 heteroatoms. The third-order valence-corrected chi connectivity index (χ3v) is 4.09. The standard InChI is InChI=1S/C19H15NO4S/c1-16-6-8-17(9-7-16)4-2-14-25(23,24)15-3-5-18-10-12-19(13-11-18)20(21)22/h6-13H,4-5H2,1H3. The predicted octanol–water partition coefficient (Wildman–Crippen LogP) is 3.03. The van der Waals surface area contributed by atoms with Crippen LogP contribution in [0.15, 0.2) is 48.5 Å². The third kappa shape index (κ3) is 6.14.